The quantitative estimate of drug-likeness (QED) is 0.933. The first-order valence-corrected chi connectivity index (χ1v) is 6.51. The third-order valence-electron chi connectivity index (χ3n) is 2.72. The number of nitrogens with zero attached hydrogens (tertiary/aromatic N) is 1. The van der Waals surface area contributed by atoms with Crippen molar-refractivity contribution >= 4 is 15.9 Å². The zero-order chi connectivity index (χ0) is 13.8. The highest BCUT2D eigenvalue weighted by Gasteiger charge is 2.08. The van der Waals surface area contributed by atoms with Crippen LogP contribution in [-0.4, -0.2) is 5.11 Å². The topological polar surface area (TPSA) is 53.2 Å². The fourth-order valence-electron chi connectivity index (χ4n) is 1.65. The molecule has 0 fully saturated rings. The van der Waals surface area contributed by atoms with Crippen LogP contribution in [0.5, 0.6) is 11.5 Å². The van der Waals surface area contributed by atoms with Crippen LogP contribution in [0.25, 0.3) is 0 Å². The van der Waals surface area contributed by atoms with Gasteiger partial charge in [0.2, 0.25) is 0 Å². The first-order valence-electron chi connectivity index (χ1n) is 5.72. The van der Waals surface area contributed by atoms with Crippen LogP contribution in [0.4, 0.5) is 0 Å². The Morgan fingerprint density at radius 1 is 1.21 bits per heavy atom. The Labute approximate surface area is 120 Å². The molecule has 4 heteroatoms. The number of halogens is 1. The molecule has 0 aliphatic heterocycles. The minimum atomic E-state index is -0.0924. The van der Waals surface area contributed by atoms with Gasteiger partial charge in [-0.25, -0.2) is 0 Å². The van der Waals surface area contributed by atoms with E-state index in [1.54, 1.807) is 18.2 Å². The van der Waals surface area contributed by atoms with E-state index >= 15 is 0 Å². The van der Waals surface area contributed by atoms with Crippen molar-refractivity contribution in [1.82, 2.24) is 0 Å². The van der Waals surface area contributed by atoms with Crippen molar-refractivity contribution in [2.45, 2.75) is 13.5 Å². The zero-order valence-corrected chi connectivity index (χ0v) is 11.9. The summed E-state index contributed by atoms with van der Waals surface area (Å²) in [5.41, 5.74) is 2.08. The molecule has 0 heterocycles. The number of benzene rings is 2. The van der Waals surface area contributed by atoms with Gasteiger partial charge in [-0.05, 0) is 42.3 Å². The van der Waals surface area contributed by atoms with Crippen molar-refractivity contribution in [3.63, 3.8) is 0 Å². The maximum absolute atomic E-state index is 9.12. The van der Waals surface area contributed by atoms with E-state index in [-0.39, 0.29) is 6.61 Å². The number of hydrogen-bond donors (Lipinski definition) is 1. The van der Waals surface area contributed by atoms with E-state index in [0.29, 0.717) is 22.6 Å². The van der Waals surface area contributed by atoms with Crippen molar-refractivity contribution in [2.75, 3.05) is 0 Å². The van der Waals surface area contributed by atoms with E-state index < -0.39 is 0 Å². The van der Waals surface area contributed by atoms with Gasteiger partial charge in [0.05, 0.1) is 12.2 Å². The molecular formula is C15H12BrNO2. The second-order valence-corrected chi connectivity index (χ2v) is 5.03. The monoisotopic (exact) mass is 317 g/mol. The van der Waals surface area contributed by atoms with Crippen LogP contribution in [0.3, 0.4) is 0 Å². The summed E-state index contributed by atoms with van der Waals surface area (Å²) >= 11 is 3.39. The molecule has 96 valence electrons. The molecule has 0 aliphatic carbocycles. The molecule has 19 heavy (non-hydrogen) atoms. The molecule has 0 spiro atoms. The third-order valence-corrected chi connectivity index (χ3v) is 3.21. The van der Waals surface area contributed by atoms with Gasteiger partial charge < -0.3 is 9.84 Å². The molecule has 0 saturated heterocycles. The number of nitriles is 1. The highest BCUT2D eigenvalue weighted by atomic mass is 79.9. The summed E-state index contributed by atoms with van der Waals surface area (Å²) in [6, 6.07) is 12.9. The van der Waals surface area contributed by atoms with E-state index in [1.165, 1.54) is 0 Å². The van der Waals surface area contributed by atoms with E-state index in [9.17, 15) is 0 Å². The highest BCUT2D eigenvalue weighted by Crippen LogP contribution is 2.30. The van der Waals surface area contributed by atoms with Gasteiger partial charge in [0.1, 0.15) is 17.6 Å². The molecule has 2 rings (SSSR count). The average Bonchev–Trinajstić information content (AvgIpc) is 2.43. The summed E-state index contributed by atoms with van der Waals surface area (Å²) in [4.78, 5) is 0. The van der Waals surface area contributed by atoms with Crippen molar-refractivity contribution < 1.29 is 9.84 Å². The largest absolute Gasteiger partial charge is 0.456 e. The normalized spacial score (nSPS) is 10.0. The molecule has 0 saturated carbocycles. The van der Waals surface area contributed by atoms with Crippen molar-refractivity contribution in [1.29, 1.82) is 5.26 Å². The molecule has 0 unspecified atom stereocenters. The first-order chi connectivity index (χ1) is 9.13. The maximum Gasteiger partial charge on any atom is 0.145 e. The Morgan fingerprint density at radius 3 is 2.68 bits per heavy atom. The van der Waals surface area contributed by atoms with Crippen LogP contribution in [-0.2, 0) is 6.61 Å². The molecule has 0 amide bonds. The predicted octanol–water partition coefficient (Wildman–Crippen LogP) is 3.91. The zero-order valence-electron chi connectivity index (χ0n) is 10.4. The number of aryl methyl sites for hydroxylation is 1. The molecule has 0 bridgehead atoms. The summed E-state index contributed by atoms with van der Waals surface area (Å²) < 4.78 is 6.69. The summed E-state index contributed by atoms with van der Waals surface area (Å²) in [7, 11) is 0. The number of aliphatic hydroxyl groups excluding tert-OH is 1. The summed E-state index contributed by atoms with van der Waals surface area (Å²) in [5, 5.41) is 18.2. The van der Waals surface area contributed by atoms with Gasteiger partial charge in [0.25, 0.3) is 0 Å². The lowest BCUT2D eigenvalue weighted by Crippen LogP contribution is -1.93. The lowest BCUT2D eigenvalue weighted by atomic mass is 10.1. The smallest absolute Gasteiger partial charge is 0.145 e. The fraction of sp³-hybridized carbons (Fsp3) is 0.133. The Bertz CT molecular complexity index is 647. The molecule has 0 atom stereocenters. The van der Waals surface area contributed by atoms with Gasteiger partial charge in [0.15, 0.2) is 0 Å². The fourth-order valence-corrected chi connectivity index (χ4v) is 1.99. The third kappa shape index (κ3) is 3.14. The van der Waals surface area contributed by atoms with E-state index in [4.69, 9.17) is 15.1 Å². The van der Waals surface area contributed by atoms with Crippen LogP contribution in [0.15, 0.2) is 40.9 Å². The molecule has 2 aromatic rings. The van der Waals surface area contributed by atoms with E-state index in [0.717, 1.165) is 10.0 Å². The lowest BCUT2D eigenvalue weighted by molar-refractivity contribution is 0.281. The van der Waals surface area contributed by atoms with Gasteiger partial charge in [-0.1, -0.05) is 28.1 Å². The number of aliphatic hydroxyl groups is 1. The van der Waals surface area contributed by atoms with E-state index in [1.807, 2.05) is 25.1 Å². The second-order valence-electron chi connectivity index (χ2n) is 4.11. The van der Waals surface area contributed by atoms with Crippen LogP contribution in [0.2, 0.25) is 0 Å². The molecule has 1 N–H and O–H groups in total. The number of ether oxygens (including phenoxy) is 1. The average molecular weight is 318 g/mol. The number of hydrogen-bond acceptors (Lipinski definition) is 3. The van der Waals surface area contributed by atoms with Crippen LogP contribution >= 0.6 is 15.9 Å². The number of rotatable bonds is 3. The Morgan fingerprint density at radius 2 is 2.00 bits per heavy atom. The summed E-state index contributed by atoms with van der Waals surface area (Å²) in [6.45, 7) is 1.85. The van der Waals surface area contributed by atoms with Gasteiger partial charge in [-0.3, -0.25) is 0 Å². The molecule has 0 aliphatic rings. The Balaban J connectivity index is 2.38. The van der Waals surface area contributed by atoms with Crippen LogP contribution in [0, 0.1) is 18.3 Å². The minimum absolute atomic E-state index is 0.0924. The molecular weight excluding hydrogens is 306 g/mol. The second kappa shape index (κ2) is 5.87. The summed E-state index contributed by atoms with van der Waals surface area (Å²) in [5.74, 6) is 1.18. The maximum atomic E-state index is 9.12. The van der Waals surface area contributed by atoms with Crippen molar-refractivity contribution in [3.05, 3.63) is 57.6 Å². The van der Waals surface area contributed by atoms with Crippen molar-refractivity contribution in [3.8, 4) is 17.6 Å². The van der Waals surface area contributed by atoms with Crippen molar-refractivity contribution in [2.24, 2.45) is 0 Å². The van der Waals surface area contributed by atoms with Gasteiger partial charge in [-0.2, -0.15) is 5.26 Å². The first kappa shape index (κ1) is 13.6. The molecule has 0 aromatic heterocycles. The van der Waals surface area contributed by atoms with E-state index in [2.05, 4.69) is 22.0 Å². The summed E-state index contributed by atoms with van der Waals surface area (Å²) in [6.07, 6.45) is 0. The van der Waals surface area contributed by atoms with Crippen LogP contribution < -0.4 is 4.74 Å². The highest BCUT2D eigenvalue weighted by molar-refractivity contribution is 9.10. The molecule has 2 aromatic carbocycles. The Kier molecular flexibility index (Phi) is 4.20. The van der Waals surface area contributed by atoms with Gasteiger partial charge in [0, 0.05) is 4.47 Å². The SMILES string of the molecule is Cc1ccc(Br)cc1Oc1ccc(CO)cc1C#N. The lowest BCUT2D eigenvalue weighted by Gasteiger charge is -2.11. The molecule has 3 nitrogen and oxygen atoms in total. The predicted molar refractivity (Wildman–Crippen MR) is 76.0 cm³/mol. The van der Waals surface area contributed by atoms with Crippen LogP contribution in [0.1, 0.15) is 16.7 Å². The van der Waals surface area contributed by atoms with Gasteiger partial charge in [-0.15, -0.1) is 0 Å². The van der Waals surface area contributed by atoms with Gasteiger partial charge >= 0.3 is 0 Å². The molecule has 0 radical (unpaired) electrons. The standard InChI is InChI=1S/C15H12BrNO2/c1-10-2-4-13(16)7-15(10)19-14-5-3-11(9-18)6-12(14)8-17/h2-7,18H,9H2,1H3. The minimum Gasteiger partial charge on any atom is -0.456 e. The Hall–Kier alpha value is -1.83.